The number of aryl methyl sites for hydroxylation is 1. The molecule has 3 atom stereocenters. The fraction of sp³-hybridized carbons (Fsp3) is 0.625. The van der Waals surface area contributed by atoms with Crippen LogP contribution in [-0.2, 0) is 11.2 Å². The Balaban J connectivity index is 1.82. The summed E-state index contributed by atoms with van der Waals surface area (Å²) in [5, 5.41) is 0. The molecule has 2 rings (SSSR count). The molecule has 0 N–H and O–H groups in total. The Labute approximate surface area is 111 Å². The highest BCUT2D eigenvalue weighted by atomic mass is 16.5. The second-order valence-corrected chi connectivity index (χ2v) is 5.58. The Hall–Kier alpha value is -0.860. The van der Waals surface area contributed by atoms with Gasteiger partial charge in [-0.15, -0.1) is 0 Å². The normalized spacial score (nSPS) is 27.1. The summed E-state index contributed by atoms with van der Waals surface area (Å²) < 4.78 is 5.79. The van der Waals surface area contributed by atoms with Crippen molar-refractivity contribution in [2.75, 3.05) is 13.1 Å². The monoisotopic (exact) mass is 247 g/mol. The highest BCUT2D eigenvalue weighted by molar-refractivity contribution is 5.14. The highest BCUT2D eigenvalue weighted by Crippen LogP contribution is 2.16. The lowest BCUT2D eigenvalue weighted by Gasteiger charge is -2.39. The molecule has 100 valence electrons. The zero-order valence-corrected chi connectivity index (χ0v) is 11.8. The molecule has 1 heterocycles. The SMILES string of the molecule is C[C@H]1CN([C@@H](C)CCc2ccccc2)C[C@H](C)O1. The van der Waals surface area contributed by atoms with Crippen molar-refractivity contribution in [2.45, 2.75) is 51.9 Å². The number of morpholine rings is 1. The van der Waals surface area contributed by atoms with Crippen molar-refractivity contribution >= 4 is 0 Å². The molecule has 0 amide bonds. The van der Waals surface area contributed by atoms with Crippen molar-refractivity contribution in [3.05, 3.63) is 35.9 Å². The van der Waals surface area contributed by atoms with Crippen molar-refractivity contribution in [2.24, 2.45) is 0 Å². The van der Waals surface area contributed by atoms with Crippen LogP contribution in [0, 0.1) is 0 Å². The van der Waals surface area contributed by atoms with Crippen LogP contribution >= 0.6 is 0 Å². The second-order valence-electron chi connectivity index (χ2n) is 5.58. The fourth-order valence-corrected chi connectivity index (χ4v) is 2.78. The minimum Gasteiger partial charge on any atom is -0.373 e. The molecule has 18 heavy (non-hydrogen) atoms. The molecule has 1 aromatic carbocycles. The van der Waals surface area contributed by atoms with Gasteiger partial charge in [-0.05, 0) is 39.2 Å². The first kappa shape index (κ1) is 13.6. The van der Waals surface area contributed by atoms with E-state index in [1.165, 1.54) is 18.4 Å². The summed E-state index contributed by atoms with van der Waals surface area (Å²) in [6.45, 7) is 8.83. The topological polar surface area (TPSA) is 12.5 Å². The van der Waals surface area contributed by atoms with E-state index in [0.29, 0.717) is 18.2 Å². The summed E-state index contributed by atoms with van der Waals surface area (Å²) in [5.74, 6) is 0. The van der Waals surface area contributed by atoms with Gasteiger partial charge in [0.25, 0.3) is 0 Å². The molecular weight excluding hydrogens is 222 g/mol. The third-order valence-electron chi connectivity index (χ3n) is 3.76. The van der Waals surface area contributed by atoms with Gasteiger partial charge in [0.15, 0.2) is 0 Å². The molecule has 1 aliphatic rings. The van der Waals surface area contributed by atoms with Crippen molar-refractivity contribution < 1.29 is 4.74 Å². The second kappa shape index (κ2) is 6.35. The molecule has 1 fully saturated rings. The van der Waals surface area contributed by atoms with Gasteiger partial charge in [0.2, 0.25) is 0 Å². The number of rotatable bonds is 4. The lowest BCUT2D eigenvalue weighted by molar-refractivity contribution is -0.0790. The first-order valence-corrected chi connectivity index (χ1v) is 7.08. The van der Waals surface area contributed by atoms with Crippen molar-refractivity contribution in [3.8, 4) is 0 Å². The van der Waals surface area contributed by atoms with Gasteiger partial charge in [0.1, 0.15) is 0 Å². The number of hydrogen-bond donors (Lipinski definition) is 0. The van der Waals surface area contributed by atoms with E-state index in [-0.39, 0.29) is 0 Å². The third-order valence-corrected chi connectivity index (χ3v) is 3.76. The van der Waals surface area contributed by atoms with Crippen LogP contribution in [0.3, 0.4) is 0 Å². The standard InChI is InChI=1S/C16H25NO/c1-13(9-10-16-7-5-4-6-8-16)17-11-14(2)18-15(3)12-17/h4-8,13-15H,9-12H2,1-3H3/t13-,14-,15-/m0/s1. The maximum absolute atomic E-state index is 5.79. The number of ether oxygens (including phenoxy) is 1. The maximum Gasteiger partial charge on any atom is 0.0678 e. The summed E-state index contributed by atoms with van der Waals surface area (Å²) in [6.07, 6.45) is 3.13. The molecular formula is C16H25NO. The molecule has 0 unspecified atom stereocenters. The summed E-state index contributed by atoms with van der Waals surface area (Å²) in [4.78, 5) is 2.57. The van der Waals surface area contributed by atoms with Crippen LogP contribution in [0.25, 0.3) is 0 Å². The third kappa shape index (κ3) is 3.82. The first-order chi connectivity index (χ1) is 8.65. The zero-order valence-electron chi connectivity index (χ0n) is 11.8. The fourth-order valence-electron chi connectivity index (χ4n) is 2.78. The van der Waals surface area contributed by atoms with Gasteiger partial charge in [0.05, 0.1) is 12.2 Å². The van der Waals surface area contributed by atoms with Crippen molar-refractivity contribution in [3.63, 3.8) is 0 Å². The molecule has 0 bridgehead atoms. The average molecular weight is 247 g/mol. The van der Waals surface area contributed by atoms with Gasteiger partial charge in [-0.3, -0.25) is 4.90 Å². The van der Waals surface area contributed by atoms with E-state index in [1.54, 1.807) is 0 Å². The molecule has 1 saturated heterocycles. The highest BCUT2D eigenvalue weighted by Gasteiger charge is 2.25. The largest absolute Gasteiger partial charge is 0.373 e. The molecule has 1 aromatic rings. The molecule has 0 aromatic heterocycles. The van der Waals surface area contributed by atoms with Crippen LogP contribution in [0.5, 0.6) is 0 Å². The first-order valence-electron chi connectivity index (χ1n) is 7.08. The van der Waals surface area contributed by atoms with E-state index in [9.17, 15) is 0 Å². The molecule has 0 radical (unpaired) electrons. The van der Waals surface area contributed by atoms with Gasteiger partial charge < -0.3 is 4.74 Å². The molecule has 0 aliphatic carbocycles. The van der Waals surface area contributed by atoms with Gasteiger partial charge in [0, 0.05) is 19.1 Å². The molecule has 1 aliphatic heterocycles. The lowest BCUT2D eigenvalue weighted by Crippen LogP contribution is -2.49. The van der Waals surface area contributed by atoms with E-state index < -0.39 is 0 Å². The van der Waals surface area contributed by atoms with Crippen molar-refractivity contribution in [1.82, 2.24) is 4.90 Å². The van der Waals surface area contributed by atoms with Crippen LogP contribution in [0.4, 0.5) is 0 Å². The molecule has 0 spiro atoms. The molecule has 2 heteroatoms. The molecule has 0 saturated carbocycles. The van der Waals surface area contributed by atoms with E-state index >= 15 is 0 Å². The Morgan fingerprint density at radius 2 is 1.78 bits per heavy atom. The Bertz CT molecular complexity index is 341. The van der Waals surface area contributed by atoms with E-state index in [2.05, 4.69) is 56.0 Å². The minimum atomic E-state index is 0.368. The number of hydrogen-bond acceptors (Lipinski definition) is 2. The van der Waals surface area contributed by atoms with Gasteiger partial charge >= 0.3 is 0 Å². The summed E-state index contributed by atoms with van der Waals surface area (Å²) >= 11 is 0. The van der Waals surface area contributed by atoms with E-state index in [1.807, 2.05) is 0 Å². The predicted molar refractivity (Wildman–Crippen MR) is 75.8 cm³/mol. The zero-order chi connectivity index (χ0) is 13.0. The Morgan fingerprint density at radius 3 is 2.39 bits per heavy atom. The summed E-state index contributed by atoms with van der Waals surface area (Å²) in [5.41, 5.74) is 1.44. The number of benzene rings is 1. The quantitative estimate of drug-likeness (QED) is 0.810. The smallest absolute Gasteiger partial charge is 0.0678 e. The van der Waals surface area contributed by atoms with Gasteiger partial charge in [-0.1, -0.05) is 30.3 Å². The summed E-state index contributed by atoms with van der Waals surface area (Å²) in [6, 6.07) is 11.4. The molecule has 2 nitrogen and oxygen atoms in total. The van der Waals surface area contributed by atoms with Crippen molar-refractivity contribution in [1.29, 1.82) is 0 Å². The lowest BCUT2D eigenvalue weighted by atomic mass is 10.0. The van der Waals surface area contributed by atoms with Gasteiger partial charge in [-0.2, -0.15) is 0 Å². The van der Waals surface area contributed by atoms with Gasteiger partial charge in [-0.25, -0.2) is 0 Å². The van der Waals surface area contributed by atoms with E-state index in [4.69, 9.17) is 4.74 Å². The predicted octanol–water partition coefficient (Wildman–Crippen LogP) is 3.12. The van der Waals surface area contributed by atoms with Crippen LogP contribution in [0.2, 0.25) is 0 Å². The Kier molecular flexibility index (Phi) is 4.79. The van der Waals surface area contributed by atoms with Crippen LogP contribution < -0.4 is 0 Å². The maximum atomic E-state index is 5.79. The summed E-state index contributed by atoms with van der Waals surface area (Å²) in [7, 11) is 0. The van der Waals surface area contributed by atoms with Crippen LogP contribution in [0.15, 0.2) is 30.3 Å². The van der Waals surface area contributed by atoms with Crippen LogP contribution in [0.1, 0.15) is 32.8 Å². The van der Waals surface area contributed by atoms with E-state index in [0.717, 1.165) is 13.1 Å². The average Bonchev–Trinajstić information content (AvgIpc) is 2.36. The number of nitrogens with zero attached hydrogens (tertiary/aromatic N) is 1. The minimum absolute atomic E-state index is 0.368. The Morgan fingerprint density at radius 1 is 1.17 bits per heavy atom. The van der Waals surface area contributed by atoms with Crippen LogP contribution in [-0.4, -0.2) is 36.2 Å².